The van der Waals surface area contributed by atoms with Gasteiger partial charge in [-0.05, 0) is 46.5 Å². The summed E-state index contributed by atoms with van der Waals surface area (Å²) in [6.45, 7) is 10.2. The molecule has 0 unspecified atom stereocenters. The number of nitrogens with two attached hydrogens (primary N) is 1. The van der Waals surface area contributed by atoms with E-state index in [0.717, 1.165) is 25.7 Å². The molecular weight excluding hydrogens is 408 g/mol. The number of nitrogens with one attached hydrogen (secondary N) is 3. The number of carbonyl (C=O) groups is 3. The zero-order valence-corrected chi connectivity index (χ0v) is 20.9. The lowest BCUT2D eigenvalue weighted by atomic mass is 9.88. The van der Waals surface area contributed by atoms with Gasteiger partial charge in [-0.15, -0.1) is 0 Å². The second kappa shape index (κ2) is 13.8. The molecule has 1 aliphatic carbocycles. The van der Waals surface area contributed by atoms with E-state index in [1.807, 2.05) is 27.7 Å². The van der Waals surface area contributed by atoms with E-state index in [9.17, 15) is 14.4 Å². The molecule has 1 saturated carbocycles. The zero-order chi connectivity index (χ0) is 24.2. The van der Waals surface area contributed by atoms with Crippen molar-refractivity contribution < 1.29 is 19.1 Å². The maximum atomic E-state index is 12.6. The summed E-state index contributed by atoms with van der Waals surface area (Å²) in [6.07, 6.45) is 9.27. The van der Waals surface area contributed by atoms with Crippen LogP contribution in [0.2, 0.25) is 0 Å². The Morgan fingerprint density at radius 2 is 1.56 bits per heavy atom. The van der Waals surface area contributed by atoms with Gasteiger partial charge in [0.05, 0.1) is 18.2 Å². The summed E-state index contributed by atoms with van der Waals surface area (Å²) in [5, 5.41) is 8.63. The van der Waals surface area contributed by atoms with Crippen molar-refractivity contribution in [1.29, 1.82) is 0 Å². The third kappa shape index (κ3) is 11.8. The largest absolute Gasteiger partial charge is 0.375 e. The summed E-state index contributed by atoms with van der Waals surface area (Å²) < 4.78 is 5.96. The SMILES string of the molecule is C[C@H](N)C(=O)NCCC(C)(C)OCCC(C)(C)C(=O)NCC(=O)NC1CCCCCCC1. The lowest BCUT2D eigenvalue weighted by Crippen LogP contribution is -2.46. The van der Waals surface area contributed by atoms with Gasteiger partial charge in [0.15, 0.2) is 0 Å². The van der Waals surface area contributed by atoms with Crippen LogP contribution in [-0.2, 0) is 19.1 Å². The van der Waals surface area contributed by atoms with Crippen LogP contribution in [-0.4, -0.2) is 55.1 Å². The van der Waals surface area contributed by atoms with Crippen molar-refractivity contribution in [3.63, 3.8) is 0 Å². The Morgan fingerprint density at radius 1 is 0.969 bits per heavy atom. The quantitative estimate of drug-likeness (QED) is 0.361. The number of ether oxygens (including phenoxy) is 1. The first-order chi connectivity index (χ1) is 14.9. The van der Waals surface area contributed by atoms with E-state index in [2.05, 4.69) is 16.0 Å². The smallest absolute Gasteiger partial charge is 0.239 e. The van der Waals surface area contributed by atoms with Gasteiger partial charge in [-0.2, -0.15) is 0 Å². The van der Waals surface area contributed by atoms with Crippen LogP contribution in [0.3, 0.4) is 0 Å². The fraction of sp³-hybridized carbons (Fsp3) is 0.875. The van der Waals surface area contributed by atoms with Gasteiger partial charge >= 0.3 is 0 Å². The van der Waals surface area contributed by atoms with E-state index < -0.39 is 17.1 Å². The molecule has 0 aromatic heterocycles. The highest BCUT2D eigenvalue weighted by Crippen LogP contribution is 2.23. The van der Waals surface area contributed by atoms with Crippen LogP contribution in [0.1, 0.15) is 92.4 Å². The third-order valence-electron chi connectivity index (χ3n) is 6.15. The molecule has 1 aliphatic rings. The van der Waals surface area contributed by atoms with Gasteiger partial charge in [-0.1, -0.05) is 46.0 Å². The first kappa shape index (κ1) is 28.4. The van der Waals surface area contributed by atoms with E-state index in [0.29, 0.717) is 26.0 Å². The van der Waals surface area contributed by atoms with Crippen molar-refractivity contribution in [1.82, 2.24) is 16.0 Å². The Labute approximate surface area is 194 Å². The standard InChI is InChI=1S/C24H46N4O4/c1-18(25)21(30)26-15-13-24(4,5)32-16-14-23(2,3)22(31)27-17-20(29)28-19-11-9-7-6-8-10-12-19/h18-19H,6-17,25H2,1-5H3,(H,26,30)(H,27,31)(H,28,29)/t18-/m0/s1. The highest BCUT2D eigenvalue weighted by Gasteiger charge is 2.29. The second-order valence-corrected chi connectivity index (χ2v) is 10.4. The van der Waals surface area contributed by atoms with Gasteiger partial charge < -0.3 is 26.4 Å². The van der Waals surface area contributed by atoms with Crippen LogP contribution < -0.4 is 21.7 Å². The molecule has 1 rings (SSSR count). The monoisotopic (exact) mass is 454 g/mol. The van der Waals surface area contributed by atoms with Crippen LogP contribution >= 0.6 is 0 Å². The summed E-state index contributed by atoms with van der Waals surface area (Å²) >= 11 is 0. The number of amides is 3. The summed E-state index contributed by atoms with van der Waals surface area (Å²) in [4.78, 5) is 36.5. The van der Waals surface area contributed by atoms with Crippen molar-refractivity contribution in [2.75, 3.05) is 19.7 Å². The number of carbonyl (C=O) groups excluding carboxylic acids is 3. The van der Waals surface area contributed by atoms with Crippen LogP contribution in [0.15, 0.2) is 0 Å². The van der Waals surface area contributed by atoms with Gasteiger partial charge in [0, 0.05) is 24.6 Å². The van der Waals surface area contributed by atoms with E-state index >= 15 is 0 Å². The van der Waals surface area contributed by atoms with Crippen LogP contribution in [0.4, 0.5) is 0 Å². The number of rotatable bonds is 12. The molecule has 8 heteroatoms. The average molecular weight is 455 g/mol. The molecule has 0 radical (unpaired) electrons. The molecule has 0 spiro atoms. The first-order valence-electron chi connectivity index (χ1n) is 12.2. The molecule has 1 fully saturated rings. The Bertz CT molecular complexity index is 597. The Morgan fingerprint density at radius 3 is 2.16 bits per heavy atom. The third-order valence-corrected chi connectivity index (χ3v) is 6.15. The summed E-state index contributed by atoms with van der Waals surface area (Å²) in [5.41, 5.74) is 4.45. The number of hydrogen-bond donors (Lipinski definition) is 4. The predicted octanol–water partition coefficient (Wildman–Crippen LogP) is 2.40. The van der Waals surface area contributed by atoms with Crippen molar-refractivity contribution in [3.8, 4) is 0 Å². The lowest BCUT2D eigenvalue weighted by molar-refractivity contribution is -0.133. The fourth-order valence-corrected chi connectivity index (χ4v) is 3.69. The van der Waals surface area contributed by atoms with Crippen molar-refractivity contribution in [3.05, 3.63) is 0 Å². The first-order valence-corrected chi connectivity index (χ1v) is 12.2. The molecule has 0 bridgehead atoms. The van der Waals surface area contributed by atoms with Gasteiger partial charge in [-0.25, -0.2) is 0 Å². The lowest BCUT2D eigenvalue weighted by Gasteiger charge is -2.29. The normalized spacial score (nSPS) is 17.1. The molecule has 0 aromatic carbocycles. The Hall–Kier alpha value is -1.67. The molecule has 5 N–H and O–H groups in total. The minimum absolute atomic E-state index is 0.00434. The van der Waals surface area contributed by atoms with Gasteiger partial charge in [0.1, 0.15) is 0 Å². The Balaban J connectivity index is 2.31. The Kier molecular flexibility index (Phi) is 12.2. The van der Waals surface area contributed by atoms with Crippen molar-refractivity contribution in [2.45, 2.75) is 110 Å². The van der Waals surface area contributed by atoms with E-state index in [-0.39, 0.29) is 30.3 Å². The minimum atomic E-state index is -0.653. The molecule has 32 heavy (non-hydrogen) atoms. The van der Waals surface area contributed by atoms with Gasteiger partial charge in [-0.3, -0.25) is 14.4 Å². The predicted molar refractivity (Wildman–Crippen MR) is 127 cm³/mol. The van der Waals surface area contributed by atoms with Gasteiger partial charge in [0.25, 0.3) is 0 Å². The molecule has 0 aromatic rings. The van der Waals surface area contributed by atoms with Crippen LogP contribution in [0.5, 0.6) is 0 Å². The van der Waals surface area contributed by atoms with Crippen LogP contribution in [0, 0.1) is 5.41 Å². The molecule has 186 valence electrons. The molecular formula is C24H46N4O4. The molecule has 8 nitrogen and oxygen atoms in total. The summed E-state index contributed by atoms with van der Waals surface area (Å²) in [5.74, 6) is -0.459. The fourth-order valence-electron chi connectivity index (χ4n) is 3.69. The van der Waals surface area contributed by atoms with Crippen LogP contribution in [0.25, 0.3) is 0 Å². The van der Waals surface area contributed by atoms with E-state index in [4.69, 9.17) is 10.5 Å². The van der Waals surface area contributed by atoms with E-state index in [1.54, 1.807) is 6.92 Å². The topological polar surface area (TPSA) is 123 Å². The van der Waals surface area contributed by atoms with Gasteiger partial charge in [0.2, 0.25) is 17.7 Å². The maximum Gasteiger partial charge on any atom is 0.239 e. The highest BCUT2D eigenvalue weighted by molar-refractivity contribution is 5.87. The second-order valence-electron chi connectivity index (χ2n) is 10.4. The van der Waals surface area contributed by atoms with Crippen molar-refractivity contribution in [2.24, 2.45) is 11.1 Å². The maximum absolute atomic E-state index is 12.6. The molecule has 0 aliphatic heterocycles. The van der Waals surface area contributed by atoms with Crippen molar-refractivity contribution >= 4 is 17.7 Å². The average Bonchev–Trinajstić information content (AvgIpc) is 2.67. The highest BCUT2D eigenvalue weighted by atomic mass is 16.5. The molecule has 0 heterocycles. The summed E-state index contributed by atoms with van der Waals surface area (Å²) in [7, 11) is 0. The minimum Gasteiger partial charge on any atom is -0.375 e. The number of hydrogen-bond acceptors (Lipinski definition) is 5. The van der Waals surface area contributed by atoms with E-state index in [1.165, 1.54) is 19.3 Å². The summed E-state index contributed by atoms with van der Waals surface area (Å²) in [6, 6.07) is -0.307. The molecule has 3 amide bonds. The zero-order valence-electron chi connectivity index (χ0n) is 20.9. The molecule has 0 saturated heterocycles. The molecule has 1 atom stereocenters.